The summed E-state index contributed by atoms with van der Waals surface area (Å²) in [5, 5.41) is 1.02. The van der Waals surface area contributed by atoms with E-state index in [1.165, 1.54) is 5.56 Å². The van der Waals surface area contributed by atoms with Gasteiger partial charge in [0.15, 0.2) is 0 Å². The fraction of sp³-hybridized carbons (Fsp3) is 0.333. The minimum atomic E-state index is -0.0492. The molecule has 1 aliphatic rings. The van der Waals surface area contributed by atoms with Gasteiger partial charge in [0.05, 0.1) is 0 Å². The molecule has 0 bridgehead atoms. The van der Waals surface area contributed by atoms with E-state index in [-0.39, 0.29) is 11.5 Å². The second-order valence-electron chi connectivity index (χ2n) is 7.85. The van der Waals surface area contributed by atoms with Gasteiger partial charge in [0.2, 0.25) is 5.91 Å². The molecule has 1 N–H and O–H groups in total. The Bertz CT molecular complexity index is 1050. The van der Waals surface area contributed by atoms with Crippen molar-refractivity contribution < 1.29 is 4.79 Å². The van der Waals surface area contributed by atoms with Crippen molar-refractivity contribution in [3.63, 3.8) is 0 Å². The lowest BCUT2D eigenvalue weighted by Gasteiger charge is -2.34. The molecule has 1 fully saturated rings. The lowest BCUT2D eigenvalue weighted by Crippen LogP contribution is -2.48. The molecule has 1 saturated heterocycles. The highest BCUT2D eigenvalue weighted by atomic mass is 16.2. The number of aromatic amines is 1. The number of piperazine rings is 1. The zero-order valence-electron chi connectivity index (χ0n) is 16.9. The number of aryl methyl sites for hydroxylation is 2. The second kappa shape index (κ2) is 8.62. The van der Waals surface area contributed by atoms with Crippen LogP contribution in [0.2, 0.25) is 0 Å². The van der Waals surface area contributed by atoms with E-state index in [1.807, 2.05) is 36.1 Å². The zero-order valence-corrected chi connectivity index (χ0v) is 16.9. The van der Waals surface area contributed by atoms with Gasteiger partial charge in [-0.05, 0) is 48.1 Å². The second-order valence-corrected chi connectivity index (χ2v) is 7.85. The van der Waals surface area contributed by atoms with Crippen LogP contribution in [0, 0.1) is 6.92 Å². The average molecular weight is 389 g/mol. The van der Waals surface area contributed by atoms with Crippen molar-refractivity contribution in [1.82, 2.24) is 14.8 Å². The molecule has 0 radical (unpaired) electrons. The Labute approximate surface area is 171 Å². The van der Waals surface area contributed by atoms with Gasteiger partial charge >= 0.3 is 0 Å². The Kier molecular flexibility index (Phi) is 5.76. The van der Waals surface area contributed by atoms with Crippen LogP contribution in [0.15, 0.2) is 59.4 Å². The number of carbonyl (C=O) groups is 1. The average Bonchev–Trinajstić information content (AvgIpc) is 2.74. The van der Waals surface area contributed by atoms with Gasteiger partial charge < -0.3 is 9.88 Å². The molecule has 1 aliphatic heterocycles. The molecule has 0 atom stereocenters. The van der Waals surface area contributed by atoms with Crippen molar-refractivity contribution in [2.24, 2.45) is 0 Å². The van der Waals surface area contributed by atoms with E-state index >= 15 is 0 Å². The molecule has 3 aromatic rings. The number of amides is 1. The molecular formula is C24H27N3O2. The summed E-state index contributed by atoms with van der Waals surface area (Å²) < 4.78 is 0. The molecule has 0 spiro atoms. The SMILES string of the molecule is Cc1cc2cc(CCC(=O)N3CCN(Cc4ccccc4)CC3)ccc2[nH]c1=O. The molecule has 5 nitrogen and oxygen atoms in total. The van der Waals surface area contributed by atoms with Gasteiger partial charge in [0, 0.05) is 50.2 Å². The molecule has 2 aromatic carbocycles. The fourth-order valence-corrected chi connectivity index (χ4v) is 3.93. The minimum absolute atomic E-state index is 0.0492. The maximum absolute atomic E-state index is 12.7. The number of hydrogen-bond acceptors (Lipinski definition) is 3. The monoisotopic (exact) mass is 389 g/mol. The highest BCUT2D eigenvalue weighted by molar-refractivity contribution is 5.80. The summed E-state index contributed by atoms with van der Waals surface area (Å²) in [5.74, 6) is 0.224. The van der Waals surface area contributed by atoms with Gasteiger partial charge in [-0.2, -0.15) is 0 Å². The van der Waals surface area contributed by atoms with Crippen LogP contribution in [0.4, 0.5) is 0 Å². The van der Waals surface area contributed by atoms with Gasteiger partial charge in [-0.15, -0.1) is 0 Å². The Balaban J connectivity index is 1.29. The number of benzene rings is 2. The first-order valence-electron chi connectivity index (χ1n) is 10.2. The van der Waals surface area contributed by atoms with Gasteiger partial charge in [-0.3, -0.25) is 14.5 Å². The number of H-pyrrole nitrogens is 1. The van der Waals surface area contributed by atoms with Crippen molar-refractivity contribution in [2.75, 3.05) is 26.2 Å². The maximum atomic E-state index is 12.7. The molecular weight excluding hydrogens is 362 g/mol. The molecule has 0 aliphatic carbocycles. The number of pyridine rings is 1. The third-order valence-corrected chi connectivity index (χ3v) is 5.70. The number of fused-ring (bicyclic) bond motifs is 1. The van der Waals surface area contributed by atoms with Gasteiger partial charge in [0.1, 0.15) is 0 Å². The quantitative estimate of drug-likeness (QED) is 0.730. The van der Waals surface area contributed by atoms with Crippen LogP contribution in [0.5, 0.6) is 0 Å². The number of aromatic nitrogens is 1. The predicted octanol–water partition coefficient (Wildman–Crippen LogP) is 3.11. The van der Waals surface area contributed by atoms with Crippen LogP contribution in [-0.2, 0) is 17.8 Å². The number of nitrogens with zero attached hydrogens (tertiary/aromatic N) is 2. The Hall–Kier alpha value is -2.92. The zero-order chi connectivity index (χ0) is 20.2. The first-order chi connectivity index (χ1) is 14.1. The highest BCUT2D eigenvalue weighted by Gasteiger charge is 2.20. The summed E-state index contributed by atoms with van der Waals surface area (Å²) in [6, 6.07) is 18.4. The molecule has 0 saturated carbocycles. The Morgan fingerprint density at radius 1 is 0.966 bits per heavy atom. The van der Waals surface area contributed by atoms with E-state index in [1.54, 1.807) is 0 Å². The third kappa shape index (κ3) is 4.74. The Morgan fingerprint density at radius 3 is 2.48 bits per heavy atom. The molecule has 2 heterocycles. The number of nitrogens with one attached hydrogen (secondary N) is 1. The van der Waals surface area contributed by atoms with Crippen LogP contribution in [0.25, 0.3) is 10.9 Å². The summed E-state index contributed by atoms with van der Waals surface area (Å²) in [4.78, 5) is 31.7. The van der Waals surface area contributed by atoms with Gasteiger partial charge in [-0.1, -0.05) is 36.4 Å². The van der Waals surface area contributed by atoms with Crippen molar-refractivity contribution in [3.8, 4) is 0 Å². The summed E-state index contributed by atoms with van der Waals surface area (Å²) in [5.41, 5.74) is 3.94. The predicted molar refractivity (Wildman–Crippen MR) is 116 cm³/mol. The van der Waals surface area contributed by atoms with E-state index in [2.05, 4.69) is 40.2 Å². The first kappa shape index (κ1) is 19.4. The number of rotatable bonds is 5. The van der Waals surface area contributed by atoms with Crippen LogP contribution < -0.4 is 5.56 Å². The molecule has 150 valence electrons. The van der Waals surface area contributed by atoms with Gasteiger partial charge in [-0.25, -0.2) is 0 Å². The van der Waals surface area contributed by atoms with Crippen molar-refractivity contribution in [3.05, 3.63) is 81.6 Å². The molecule has 1 amide bonds. The van der Waals surface area contributed by atoms with Crippen molar-refractivity contribution >= 4 is 16.8 Å². The lowest BCUT2D eigenvalue weighted by molar-refractivity contribution is -0.133. The first-order valence-corrected chi connectivity index (χ1v) is 10.2. The normalized spacial score (nSPS) is 15.0. The van der Waals surface area contributed by atoms with Crippen molar-refractivity contribution in [2.45, 2.75) is 26.3 Å². The van der Waals surface area contributed by atoms with E-state index in [4.69, 9.17) is 0 Å². The smallest absolute Gasteiger partial charge is 0.251 e. The van der Waals surface area contributed by atoms with Crippen LogP contribution >= 0.6 is 0 Å². The topological polar surface area (TPSA) is 56.4 Å². The van der Waals surface area contributed by atoms with Crippen LogP contribution in [-0.4, -0.2) is 46.9 Å². The summed E-state index contributed by atoms with van der Waals surface area (Å²) in [7, 11) is 0. The molecule has 5 heteroatoms. The standard InChI is InChI=1S/C24H27N3O2/c1-18-15-21-16-19(7-9-22(21)25-24(18)29)8-10-23(28)27-13-11-26(12-14-27)17-20-5-3-2-4-6-20/h2-7,9,15-16H,8,10-14,17H2,1H3,(H,25,29). The van der Waals surface area contributed by atoms with E-state index < -0.39 is 0 Å². The van der Waals surface area contributed by atoms with Crippen molar-refractivity contribution in [1.29, 1.82) is 0 Å². The van der Waals surface area contributed by atoms with Gasteiger partial charge in [0.25, 0.3) is 5.56 Å². The highest BCUT2D eigenvalue weighted by Crippen LogP contribution is 2.16. The van der Waals surface area contributed by atoms with E-state index in [9.17, 15) is 9.59 Å². The van der Waals surface area contributed by atoms with E-state index in [0.717, 1.165) is 55.6 Å². The third-order valence-electron chi connectivity index (χ3n) is 5.70. The summed E-state index contributed by atoms with van der Waals surface area (Å²) in [6.45, 7) is 6.19. The molecule has 29 heavy (non-hydrogen) atoms. The fourth-order valence-electron chi connectivity index (χ4n) is 3.93. The molecule has 1 aromatic heterocycles. The maximum Gasteiger partial charge on any atom is 0.251 e. The largest absolute Gasteiger partial charge is 0.340 e. The van der Waals surface area contributed by atoms with Crippen LogP contribution in [0.1, 0.15) is 23.1 Å². The molecule has 0 unspecified atom stereocenters. The number of hydrogen-bond donors (Lipinski definition) is 1. The Morgan fingerprint density at radius 2 is 1.72 bits per heavy atom. The number of carbonyl (C=O) groups excluding carboxylic acids is 1. The van der Waals surface area contributed by atoms with Crippen LogP contribution in [0.3, 0.4) is 0 Å². The summed E-state index contributed by atoms with van der Waals surface area (Å²) in [6.07, 6.45) is 1.24. The van der Waals surface area contributed by atoms with E-state index in [0.29, 0.717) is 12.0 Å². The molecule has 4 rings (SSSR count). The lowest BCUT2D eigenvalue weighted by atomic mass is 10.0. The summed E-state index contributed by atoms with van der Waals surface area (Å²) >= 11 is 0. The minimum Gasteiger partial charge on any atom is -0.340 e.